The average Bonchev–Trinajstić information content (AvgIpc) is 1.94. The molecule has 1 nitrogen and oxygen atoms in total. The summed E-state index contributed by atoms with van der Waals surface area (Å²) in [7, 11) is 6.56. The lowest BCUT2D eigenvalue weighted by atomic mass is 10.2. The molecule has 0 aromatic heterocycles. The SMILES string of the molecule is C[N+](C)(C)Cc1cc(Br)ccc1Br. The highest BCUT2D eigenvalue weighted by Crippen LogP contribution is 2.23. The maximum atomic E-state index is 3.55. The maximum absolute atomic E-state index is 3.55. The zero-order valence-corrected chi connectivity index (χ0v) is 11.3. The lowest BCUT2D eigenvalue weighted by Gasteiger charge is -2.24. The standard InChI is InChI=1S/C10H14Br2N/c1-13(2,3)7-8-6-9(11)4-5-10(8)12/h4-6H,7H2,1-3H3/q+1. The molecule has 0 spiro atoms. The predicted octanol–water partition coefficient (Wildman–Crippen LogP) is 3.42. The fourth-order valence-corrected chi connectivity index (χ4v) is 1.96. The number of quaternary nitrogens is 1. The summed E-state index contributed by atoms with van der Waals surface area (Å²) >= 11 is 7.03. The third kappa shape index (κ3) is 3.79. The zero-order valence-electron chi connectivity index (χ0n) is 8.14. The van der Waals surface area contributed by atoms with Crippen molar-refractivity contribution < 1.29 is 4.48 Å². The Morgan fingerprint density at radius 1 is 1.15 bits per heavy atom. The smallest absolute Gasteiger partial charge is 0.105 e. The Labute approximate surface area is 96.6 Å². The monoisotopic (exact) mass is 306 g/mol. The van der Waals surface area contributed by atoms with E-state index in [0.717, 1.165) is 15.5 Å². The molecular weight excluding hydrogens is 294 g/mol. The van der Waals surface area contributed by atoms with Crippen LogP contribution in [0.1, 0.15) is 5.56 Å². The predicted molar refractivity (Wildman–Crippen MR) is 63.6 cm³/mol. The van der Waals surface area contributed by atoms with Gasteiger partial charge in [0.2, 0.25) is 0 Å². The Kier molecular flexibility index (Phi) is 3.55. The zero-order chi connectivity index (χ0) is 10.1. The highest BCUT2D eigenvalue weighted by Gasteiger charge is 2.11. The Balaban J connectivity index is 2.94. The molecule has 0 saturated heterocycles. The third-order valence-corrected chi connectivity index (χ3v) is 2.92. The normalized spacial score (nSPS) is 11.8. The summed E-state index contributed by atoms with van der Waals surface area (Å²) in [4.78, 5) is 0. The second-order valence-corrected chi connectivity index (χ2v) is 5.95. The van der Waals surface area contributed by atoms with Crippen LogP contribution in [0, 0.1) is 0 Å². The fraction of sp³-hybridized carbons (Fsp3) is 0.400. The van der Waals surface area contributed by atoms with Gasteiger partial charge in [-0.25, -0.2) is 0 Å². The van der Waals surface area contributed by atoms with Crippen molar-refractivity contribution in [2.75, 3.05) is 21.1 Å². The van der Waals surface area contributed by atoms with Crippen LogP contribution >= 0.6 is 31.9 Å². The molecule has 72 valence electrons. The summed E-state index contributed by atoms with van der Waals surface area (Å²) in [6.45, 7) is 1.03. The van der Waals surface area contributed by atoms with E-state index in [0.29, 0.717) is 0 Å². The van der Waals surface area contributed by atoms with Gasteiger partial charge in [-0.1, -0.05) is 31.9 Å². The molecule has 3 heteroatoms. The number of hydrogen-bond acceptors (Lipinski definition) is 0. The molecule has 0 amide bonds. The van der Waals surface area contributed by atoms with Crippen molar-refractivity contribution in [3.8, 4) is 0 Å². The van der Waals surface area contributed by atoms with Crippen LogP contribution in [0.15, 0.2) is 27.1 Å². The second kappa shape index (κ2) is 4.11. The molecule has 0 saturated carbocycles. The highest BCUT2D eigenvalue weighted by atomic mass is 79.9. The summed E-state index contributed by atoms with van der Waals surface area (Å²) in [6, 6.07) is 6.28. The second-order valence-electron chi connectivity index (χ2n) is 4.18. The van der Waals surface area contributed by atoms with E-state index in [2.05, 4.69) is 65.1 Å². The summed E-state index contributed by atoms with van der Waals surface area (Å²) in [5, 5.41) is 0. The van der Waals surface area contributed by atoms with Crippen LogP contribution in [0.5, 0.6) is 0 Å². The average molecular weight is 308 g/mol. The summed E-state index contributed by atoms with van der Waals surface area (Å²) in [6.07, 6.45) is 0. The fourth-order valence-electron chi connectivity index (χ4n) is 1.18. The minimum Gasteiger partial charge on any atom is -0.327 e. The topological polar surface area (TPSA) is 0 Å². The van der Waals surface area contributed by atoms with E-state index in [1.54, 1.807) is 0 Å². The number of rotatable bonds is 2. The molecule has 0 heterocycles. The van der Waals surface area contributed by atoms with Gasteiger partial charge in [-0.2, -0.15) is 0 Å². The van der Waals surface area contributed by atoms with Gasteiger partial charge in [0.25, 0.3) is 0 Å². The van der Waals surface area contributed by atoms with Gasteiger partial charge in [0, 0.05) is 14.5 Å². The molecule has 0 N–H and O–H groups in total. The van der Waals surface area contributed by atoms with Gasteiger partial charge in [0.15, 0.2) is 0 Å². The molecule has 0 bridgehead atoms. The summed E-state index contributed by atoms with van der Waals surface area (Å²) < 4.78 is 3.26. The van der Waals surface area contributed by atoms with E-state index in [9.17, 15) is 0 Å². The number of hydrogen-bond donors (Lipinski definition) is 0. The molecule has 1 rings (SSSR count). The minimum absolute atomic E-state index is 0.940. The highest BCUT2D eigenvalue weighted by molar-refractivity contribution is 9.11. The quantitative estimate of drug-likeness (QED) is 0.735. The molecular formula is C10H14Br2N+. The van der Waals surface area contributed by atoms with Gasteiger partial charge >= 0.3 is 0 Å². The van der Waals surface area contributed by atoms with E-state index in [1.807, 2.05) is 6.07 Å². The number of nitrogens with zero attached hydrogens (tertiary/aromatic N) is 1. The lowest BCUT2D eigenvalue weighted by molar-refractivity contribution is -0.884. The van der Waals surface area contributed by atoms with Crippen LogP contribution in [0.3, 0.4) is 0 Å². The van der Waals surface area contributed by atoms with Crippen LogP contribution in [0.4, 0.5) is 0 Å². The summed E-state index contributed by atoms with van der Waals surface area (Å²) in [5.41, 5.74) is 1.34. The first-order valence-corrected chi connectivity index (χ1v) is 5.71. The van der Waals surface area contributed by atoms with E-state index >= 15 is 0 Å². The Bertz CT molecular complexity index is 302. The van der Waals surface area contributed by atoms with E-state index in [4.69, 9.17) is 0 Å². The molecule has 0 unspecified atom stereocenters. The minimum atomic E-state index is 0.940. The van der Waals surface area contributed by atoms with Crippen LogP contribution in [-0.2, 0) is 6.54 Å². The van der Waals surface area contributed by atoms with E-state index in [1.165, 1.54) is 10.0 Å². The van der Waals surface area contributed by atoms with Crippen LogP contribution < -0.4 is 0 Å². The third-order valence-electron chi connectivity index (χ3n) is 1.65. The van der Waals surface area contributed by atoms with Gasteiger partial charge in [-0.3, -0.25) is 0 Å². The lowest BCUT2D eigenvalue weighted by Crippen LogP contribution is -2.33. The summed E-state index contributed by atoms with van der Waals surface area (Å²) in [5.74, 6) is 0. The van der Waals surface area contributed by atoms with Crippen molar-refractivity contribution in [1.29, 1.82) is 0 Å². The van der Waals surface area contributed by atoms with Gasteiger partial charge in [0.05, 0.1) is 21.1 Å². The molecule has 0 aliphatic heterocycles. The molecule has 1 aromatic rings. The van der Waals surface area contributed by atoms with E-state index < -0.39 is 0 Å². The first kappa shape index (κ1) is 11.2. The van der Waals surface area contributed by atoms with Crippen molar-refractivity contribution in [2.24, 2.45) is 0 Å². The van der Waals surface area contributed by atoms with Gasteiger partial charge in [-0.05, 0) is 18.2 Å². The van der Waals surface area contributed by atoms with Crippen molar-refractivity contribution in [3.63, 3.8) is 0 Å². The van der Waals surface area contributed by atoms with Crippen LogP contribution in [0.2, 0.25) is 0 Å². The van der Waals surface area contributed by atoms with Gasteiger partial charge in [0.1, 0.15) is 6.54 Å². The van der Waals surface area contributed by atoms with Crippen molar-refractivity contribution in [1.82, 2.24) is 0 Å². The molecule has 1 aromatic carbocycles. The Hall–Kier alpha value is 0.140. The van der Waals surface area contributed by atoms with Crippen LogP contribution in [-0.4, -0.2) is 25.6 Å². The first-order valence-electron chi connectivity index (χ1n) is 4.13. The number of benzene rings is 1. The maximum Gasteiger partial charge on any atom is 0.105 e. The number of halogens is 2. The molecule has 0 aliphatic carbocycles. The van der Waals surface area contributed by atoms with Crippen molar-refractivity contribution in [3.05, 3.63) is 32.7 Å². The molecule has 0 fully saturated rings. The van der Waals surface area contributed by atoms with Gasteiger partial charge < -0.3 is 4.48 Å². The molecule has 0 aliphatic rings. The first-order chi connectivity index (χ1) is 5.88. The Morgan fingerprint density at radius 3 is 2.31 bits per heavy atom. The van der Waals surface area contributed by atoms with Crippen molar-refractivity contribution >= 4 is 31.9 Å². The van der Waals surface area contributed by atoms with E-state index in [-0.39, 0.29) is 0 Å². The molecule has 0 atom stereocenters. The molecule has 0 radical (unpaired) electrons. The van der Waals surface area contributed by atoms with Crippen molar-refractivity contribution in [2.45, 2.75) is 6.54 Å². The largest absolute Gasteiger partial charge is 0.327 e. The van der Waals surface area contributed by atoms with Gasteiger partial charge in [-0.15, -0.1) is 0 Å². The molecule has 13 heavy (non-hydrogen) atoms. The Morgan fingerprint density at radius 2 is 1.77 bits per heavy atom. The van der Waals surface area contributed by atoms with Crippen LogP contribution in [0.25, 0.3) is 0 Å².